The van der Waals surface area contributed by atoms with Crippen molar-refractivity contribution in [2.24, 2.45) is 0 Å². The van der Waals surface area contributed by atoms with Gasteiger partial charge in [-0.3, -0.25) is 15.0 Å². The first kappa shape index (κ1) is 17.6. The third kappa shape index (κ3) is 4.01. The summed E-state index contributed by atoms with van der Waals surface area (Å²) in [5.41, 5.74) is 4.86. The average molecular weight is 330 g/mol. The molecular formula is C13H16ClN3O5. The number of hydrogen-bond acceptors (Lipinski definition) is 5. The zero-order valence-electron chi connectivity index (χ0n) is 12.3. The first-order chi connectivity index (χ1) is 10.5. The van der Waals surface area contributed by atoms with E-state index >= 15 is 0 Å². The lowest BCUT2D eigenvalue weighted by molar-refractivity contribution is -0.105. The summed E-state index contributed by atoms with van der Waals surface area (Å²) in [4.78, 5) is 34.2. The number of hydrogen-bond donors (Lipinski definition) is 3. The molecule has 0 aliphatic heterocycles. The van der Waals surface area contributed by atoms with Crippen LogP contribution in [0.4, 0.5) is 10.5 Å². The van der Waals surface area contributed by atoms with Crippen molar-refractivity contribution in [1.82, 2.24) is 10.9 Å². The van der Waals surface area contributed by atoms with Gasteiger partial charge < -0.3 is 14.8 Å². The molecule has 120 valence electrons. The van der Waals surface area contributed by atoms with Crippen LogP contribution < -0.4 is 20.9 Å². The van der Waals surface area contributed by atoms with Crippen LogP contribution in [0.15, 0.2) is 6.07 Å². The molecule has 8 nitrogen and oxygen atoms in total. The van der Waals surface area contributed by atoms with Gasteiger partial charge in [0, 0.05) is 11.1 Å². The number of carbonyl (C=O) groups is 3. The summed E-state index contributed by atoms with van der Waals surface area (Å²) in [5, 5.41) is 2.66. The van der Waals surface area contributed by atoms with Gasteiger partial charge in [0.1, 0.15) is 5.75 Å². The second-order valence-corrected chi connectivity index (χ2v) is 4.40. The SMILES string of the molecule is CCOC(=O)NNC(=O)c1c(C)c(Cl)cc(OC)c1NC=O. The molecule has 1 aromatic carbocycles. The Bertz CT molecular complexity index is 592. The van der Waals surface area contributed by atoms with Crippen LogP contribution in [-0.4, -0.2) is 32.1 Å². The van der Waals surface area contributed by atoms with Crippen LogP contribution in [0.25, 0.3) is 0 Å². The zero-order valence-corrected chi connectivity index (χ0v) is 13.0. The molecule has 22 heavy (non-hydrogen) atoms. The first-order valence-electron chi connectivity index (χ1n) is 6.26. The van der Waals surface area contributed by atoms with Gasteiger partial charge in [0.2, 0.25) is 6.41 Å². The maximum absolute atomic E-state index is 12.2. The molecular weight excluding hydrogens is 314 g/mol. The van der Waals surface area contributed by atoms with E-state index in [1.807, 2.05) is 0 Å². The standard InChI is InChI=1S/C13H16ClN3O5/c1-4-22-13(20)17-16-12(19)10-7(2)8(14)5-9(21-3)11(10)15-6-18/h5-6H,4H2,1-3H3,(H,15,18)(H,16,19)(H,17,20). The Balaban J connectivity index is 3.14. The van der Waals surface area contributed by atoms with Gasteiger partial charge in [0.15, 0.2) is 0 Å². The molecule has 0 unspecified atom stereocenters. The maximum atomic E-state index is 12.2. The van der Waals surface area contributed by atoms with E-state index in [1.165, 1.54) is 13.2 Å². The molecule has 0 heterocycles. The highest BCUT2D eigenvalue weighted by Gasteiger charge is 2.21. The van der Waals surface area contributed by atoms with Crippen molar-refractivity contribution in [3.05, 3.63) is 22.2 Å². The molecule has 1 aromatic rings. The molecule has 0 aliphatic carbocycles. The number of nitrogens with one attached hydrogen (secondary N) is 3. The Morgan fingerprint density at radius 2 is 2.05 bits per heavy atom. The topological polar surface area (TPSA) is 106 Å². The van der Waals surface area contributed by atoms with Gasteiger partial charge in [0.25, 0.3) is 5.91 Å². The van der Waals surface area contributed by atoms with Crippen LogP contribution in [0.1, 0.15) is 22.8 Å². The van der Waals surface area contributed by atoms with Crippen molar-refractivity contribution in [1.29, 1.82) is 0 Å². The summed E-state index contributed by atoms with van der Waals surface area (Å²) in [7, 11) is 1.37. The van der Waals surface area contributed by atoms with E-state index < -0.39 is 12.0 Å². The Morgan fingerprint density at radius 1 is 1.36 bits per heavy atom. The quantitative estimate of drug-likeness (QED) is 0.562. The maximum Gasteiger partial charge on any atom is 0.426 e. The highest BCUT2D eigenvalue weighted by atomic mass is 35.5. The number of ether oxygens (including phenoxy) is 2. The third-order valence-electron chi connectivity index (χ3n) is 2.69. The summed E-state index contributed by atoms with van der Waals surface area (Å²) in [6, 6.07) is 1.47. The lowest BCUT2D eigenvalue weighted by Gasteiger charge is -2.16. The number of amides is 3. The first-order valence-corrected chi connectivity index (χ1v) is 6.64. The molecule has 0 atom stereocenters. The summed E-state index contributed by atoms with van der Waals surface area (Å²) in [6.07, 6.45) is -0.409. The Hall–Kier alpha value is -2.48. The van der Waals surface area contributed by atoms with Gasteiger partial charge in [-0.05, 0) is 19.4 Å². The summed E-state index contributed by atoms with van der Waals surface area (Å²) in [5.74, 6) is -0.473. The van der Waals surface area contributed by atoms with Crippen molar-refractivity contribution in [2.75, 3.05) is 19.0 Å². The molecule has 0 radical (unpaired) electrons. The van der Waals surface area contributed by atoms with Crippen molar-refractivity contribution >= 4 is 35.7 Å². The number of methoxy groups -OCH3 is 1. The largest absolute Gasteiger partial charge is 0.494 e. The van der Waals surface area contributed by atoms with Crippen molar-refractivity contribution in [2.45, 2.75) is 13.8 Å². The minimum absolute atomic E-state index is 0.0632. The smallest absolute Gasteiger partial charge is 0.426 e. The number of rotatable bonds is 5. The van der Waals surface area contributed by atoms with Crippen molar-refractivity contribution in [3.8, 4) is 5.75 Å². The molecule has 3 amide bonds. The number of anilines is 1. The predicted octanol–water partition coefficient (Wildman–Crippen LogP) is 1.62. The highest BCUT2D eigenvalue weighted by molar-refractivity contribution is 6.32. The minimum atomic E-state index is -0.813. The van der Waals surface area contributed by atoms with E-state index in [0.717, 1.165) is 0 Å². The number of benzene rings is 1. The second kappa shape index (κ2) is 8.08. The zero-order chi connectivity index (χ0) is 16.7. The van der Waals surface area contributed by atoms with Gasteiger partial charge in [-0.2, -0.15) is 0 Å². The summed E-state index contributed by atoms with van der Waals surface area (Å²) in [6.45, 7) is 3.38. The Kier molecular flexibility index (Phi) is 6.46. The molecule has 0 fully saturated rings. The fraction of sp³-hybridized carbons (Fsp3) is 0.308. The van der Waals surface area contributed by atoms with Crippen LogP contribution >= 0.6 is 11.6 Å². The number of carbonyl (C=O) groups excluding carboxylic acids is 3. The van der Waals surface area contributed by atoms with Gasteiger partial charge in [0.05, 0.1) is 25.0 Å². The van der Waals surface area contributed by atoms with Gasteiger partial charge >= 0.3 is 6.09 Å². The normalized spacial score (nSPS) is 9.64. The van der Waals surface area contributed by atoms with E-state index in [-0.39, 0.29) is 28.6 Å². The number of halogens is 1. The van der Waals surface area contributed by atoms with E-state index in [0.29, 0.717) is 12.0 Å². The van der Waals surface area contributed by atoms with E-state index in [9.17, 15) is 14.4 Å². The highest BCUT2D eigenvalue weighted by Crippen LogP contribution is 2.35. The molecule has 0 bridgehead atoms. The summed E-state index contributed by atoms with van der Waals surface area (Å²) < 4.78 is 9.71. The fourth-order valence-electron chi connectivity index (χ4n) is 1.71. The van der Waals surface area contributed by atoms with Crippen LogP contribution in [-0.2, 0) is 9.53 Å². The Labute approximate surface area is 132 Å². The summed E-state index contributed by atoms with van der Waals surface area (Å²) >= 11 is 6.04. The third-order valence-corrected chi connectivity index (χ3v) is 3.08. The fourth-order valence-corrected chi connectivity index (χ4v) is 1.90. The Morgan fingerprint density at radius 3 is 2.59 bits per heavy atom. The van der Waals surface area contributed by atoms with Crippen molar-refractivity contribution < 1.29 is 23.9 Å². The van der Waals surface area contributed by atoms with E-state index in [4.69, 9.17) is 16.3 Å². The molecule has 0 saturated heterocycles. The van der Waals surface area contributed by atoms with Crippen LogP contribution in [0.2, 0.25) is 5.02 Å². The van der Waals surface area contributed by atoms with E-state index in [2.05, 4.69) is 20.9 Å². The molecule has 0 saturated carbocycles. The molecule has 0 aromatic heterocycles. The van der Waals surface area contributed by atoms with Gasteiger partial charge in [-0.15, -0.1) is 0 Å². The molecule has 3 N–H and O–H groups in total. The van der Waals surface area contributed by atoms with Crippen LogP contribution in [0, 0.1) is 6.92 Å². The lowest BCUT2D eigenvalue weighted by atomic mass is 10.0. The monoisotopic (exact) mass is 329 g/mol. The number of hydrazine groups is 1. The van der Waals surface area contributed by atoms with Crippen LogP contribution in [0.3, 0.4) is 0 Å². The average Bonchev–Trinajstić information content (AvgIpc) is 2.49. The van der Waals surface area contributed by atoms with Gasteiger partial charge in [-0.1, -0.05) is 11.6 Å². The van der Waals surface area contributed by atoms with Crippen molar-refractivity contribution in [3.63, 3.8) is 0 Å². The van der Waals surface area contributed by atoms with E-state index in [1.54, 1.807) is 13.8 Å². The molecule has 1 rings (SSSR count). The lowest BCUT2D eigenvalue weighted by Crippen LogP contribution is -2.42. The molecule has 0 spiro atoms. The van der Waals surface area contributed by atoms with Gasteiger partial charge in [-0.25, -0.2) is 10.2 Å². The second-order valence-electron chi connectivity index (χ2n) is 4.00. The molecule has 9 heteroatoms. The minimum Gasteiger partial charge on any atom is -0.494 e. The molecule has 0 aliphatic rings. The predicted molar refractivity (Wildman–Crippen MR) is 80.1 cm³/mol. The van der Waals surface area contributed by atoms with Crippen LogP contribution in [0.5, 0.6) is 5.75 Å².